The predicted molar refractivity (Wildman–Crippen MR) is 106 cm³/mol. The lowest BCUT2D eigenvalue weighted by Gasteiger charge is -2.51. The summed E-state index contributed by atoms with van der Waals surface area (Å²) in [6, 6.07) is 8.41. The van der Waals surface area contributed by atoms with Crippen LogP contribution < -0.4 is 11.3 Å². The van der Waals surface area contributed by atoms with Crippen molar-refractivity contribution < 1.29 is 9.18 Å². The lowest BCUT2D eigenvalue weighted by atomic mass is 9.75. The third-order valence-corrected chi connectivity index (χ3v) is 6.76. The summed E-state index contributed by atoms with van der Waals surface area (Å²) in [4.78, 5) is 35.9. The number of nitrogens with one attached hydrogen (secondary N) is 1. The highest BCUT2D eigenvalue weighted by molar-refractivity contribution is 5.79. The summed E-state index contributed by atoms with van der Waals surface area (Å²) in [5.41, 5.74) is 6.73. The molecule has 1 aromatic heterocycles. The Bertz CT molecular complexity index is 983. The molecule has 29 heavy (non-hydrogen) atoms. The Balaban J connectivity index is 1.45. The Hall–Kier alpha value is -2.74. The second kappa shape index (κ2) is 6.95. The van der Waals surface area contributed by atoms with Gasteiger partial charge in [-0.3, -0.25) is 19.5 Å². The van der Waals surface area contributed by atoms with Gasteiger partial charge in [-0.25, -0.2) is 9.37 Å². The molecule has 0 spiro atoms. The van der Waals surface area contributed by atoms with Gasteiger partial charge in [-0.1, -0.05) is 12.1 Å². The Labute approximate surface area is 167 Å². The maximum atomic E-state index is 13.4. The molecule has 4 aliphatic rings. The van der Waals surface area contributed by atoms with Gasteiger partial charge in [0, 0.05) is 24.6 Å². The summed E-state index contributed by atoms with van der Waals surface area (Å²) < 4.78 is 13.4. The van der Waals surface area contributed by atoms with Gasteiger partial charge < -0.3 is 10.6 Å². The molecule has 8 heteroatoms. The summed E-state index contributed by atoms with van der Waals surface area (Å²) in [5, 5.41) is 0. The first-order valence-corrected chi connectivity index (χ1v) is 10.1. The SMILES string of the molecule is Nc1nc(CC(=O)N2C[C@@H](c3ccc(F)cc3)[C@@H]3[C@H]2C2CCN3CC2)cc(=O)[nH]1. The highest BCUT2D eigenvalue weighted by atomic mass is 19.1. The summed E-state index contributed by atoms with van der Waals surface area (Å²) in [6.45, 7) is 2.71. The number of carbonyl (C=O) groups is 1. The largest absolute Gasteiger partial charge is 0.369 e. The summed E-state index contributed by atoms with van der Waals surface area (Å²) in [6.07, 6.45) is 2.24. The van der Waals surface area contributed by atoms with Crippen molar-refractivity contribution in [2.45, 2.75) is 37.3 Å². The van der Waals surface area contributed by atoms with Crippen molar-refractivity contribution in [1.29, 1.82) is 0 Å². The predicted octanol–water partition coefficient (Wildman–Crippen LogP) is 1.12. The normalized spacial score (nSPS) is 30.4. The zero-order valence-electron chi connectivity index (χ0n) is 16.1. The molecule has 0 saturated carbocycles. The lowest BCUT2D eigenvalue weighted by molar-refractivity contribution is -0.135. The van der Waals surface area contributed by atoms with Gasteiger partial charge in [0.25, 0.3) is 5.56 Å². The minimum Gasteiger partial charge on any atom is -0.369 e. The number of benzene rings is 1. The van der Waals surface area contributed by atoms with Crippen LogP contribution >= 0.6 is 0 Å². The molecule has 3 N–H and O–H groups in total. The molecule has 2 bridgehead atoms. The first-order valence-electron chi connectivity index (χ1n) is 10.1. The van der Waals surface area contributed by atoms with Crippen molar-refractivity contribution in [3.8, 4) is 0 Å². The van der Waals surface area contributed by atoms with Gasteiger partial charge in [-0.05, 0) is 49.5 Å². The highest BCUT2D eigenvalue weighted by Crippen LogP contribution is 2.46. The number of aromatic amines is 1. The van der Waals surface area contributed by atoms with E-state index in [2.05, 4.69) is 14.9 Å². The molecule has 3 atom stereocenters. The fraction of sp³-hybridized carbons (Fsp3) is 0.476. The molecule has 4 saturated heterocycles. The summed E-state index contributed by atoms with van der Waals surface area (Å²) >= 11 is 0. The standard InChI is InChI=1S/C21H24FN5O2/c22-14-3-1-12(2-4-14)16-11-27(19-13-5-7-26(8-6-13)20(16)19)18(29)10-15-9-17(28)25-21(23)24-15/h1-4,9,13,16,19-20H,5-8,10-11H2,(H3,23,24,25,28)/t16-,19+,20+/m0/s1. The van der Waals surface area contributed by atoms with Crippen LogP contribution in [0.5, 0.6) is 0 Å². The molecule has 5 heterocycles. The zero-order valence-corrected chi connectivity index (χ0v) is 16.1. The van der Waals surface area contributed by atoms with Gasteiger partial charge in [-0.2, -0.15) is 0 Å². The number of aromatic nitrogens is 2. The number of piperidine rings is 3. The maximum Gasteiger partial charge on any atom is 0.252 e. The third-order valence-electron chi connectivity index (χ3n) is 6.76. The number of nitrogen functional groups attached to an aromatic ring is 1. The van der Waals surface area contributed by atoms with E-state index >= 15 is 0 Å². The van der Waals surface area contributed by atoms with Crippen LogP contribution in [-0.2, 0) is 11.2 Å². The topological polar surface area (TPSA) is 95.3 Å². The number of carbonyl (C=O) groups excluding carboxylic acids is 1. The molecule has 6 rings (SSSR count). The van der Waals surface area contributed by atoms with E-state index in [1.54, 1.807) is 0 Å². The molecule has 1 amide bonds. The lowest BCUT2D eigenvalue weighted by Crippen LogP contribution is -2.60. The number of hydrogen-bond donors (Lipinski definition) is 2. The molecular weight excluding hydrogens is 373 g/mol. The van der Waals surface area contributed by atoms with E-state index in [0.29, 0.717) is 18.2 Å². The van der Waals surface area contributed by atoms with E-state index in [9.17, 15) is 14.0 Å². The van der Waals surface area contributed by atoms with Gasteiger partial charge in [0.15, 0.2) is 0 Å². The Morgan fingerprint density at radius 2 is 1.93 bits per heavy atom. The molecule has 4 aliphatic heterocycles. The summed E-state index contributed by atoms with van der Waals surface area (Å²) in [7, 11) is 0. The Morgan fingerprint density at radius 1 is 1.21 bits per heavy atom. The molecule has 7 nitrogen and oxygen atoms in total. The van der Waals surface area contributed by atoms with Gasteiger partial charge >= 0.3 is 0 Å². The molecular formula is C21H24FN5O2. The van der Waals surface area contributed by atoms with E-state index in [4.69, 9.17) is 5.73 Å². The van der Waals surface area contributed by atoms with Gasteiger partial charge in [0.1, 0.15) is 5.82 Å². The van der Waals surface area contributed by atoms with Crippen molar-refractivity contribution in [3.63, 3.8) is 0 Å². The number of halogens is 1. The number of hydrogen-bond acceptors (Lipinski definition) is 5. The van der Waals surface area contributed by atoms with Crippen LogP contribution in [0, 0.1) is 11.7 Å². The average Bonchev–Trinajstić information content (AvgIpc) is 3.12. The Kier molecular flexibility index (Phi) is 4.38. The van der Waals surface area contributed by atoms with Gasteiger partial charge in [0.05, 0.1) is 18.2 Å². The van der Waals surface area contributed by atoms with Crippen LogP contribution in [-0.4, -0.2) is 57.4 Å². The number of H-pyrrole nitrogens is 1. The van der Waals surface area contributed by atoms with Crippen LogP contribution in [0.1, 0.15) is 30.0 Å². The molecule has 0 aliphatic carbocycles. The van der Waals surface area contributed by atoms with Crippen molar-refractivity contribution in [2.75, 3.05) is 25.4 Å². The first-order chi connectivity index (χ1) is 14.0. The minimum absolute atomic E-state index is 0.0200. The molecule has 4 fully saturated rings. The van der Waals surface area contributed by atoms with Crippen molar-refractivity contribution in [1.82, 2.24) is 19.8 Å². The Morgan fingerprint density at radius 3 is 2.62 bits per heavy atom. The van der Waals surface area contributed by atoms with Gasteiger partial charge in [-0.15, -0.1) is 0 Å². The van der Waals surface area contributed by atoms with E-state index in [1.807, 2.05) is 17.0 Å². The molecule has 152 valence electrons. The smallest absolute Gasteiger partial charge is 0.252 e. The maximum absolute atomic E-state index is 13.4. The van der Waals surface area contributed by atoms with Crippen molar-refractivity contribution >= 4 is 11.9 Å². The number of amides is 1. The molecule has 0 unspecified atom stereocenters. The minimum atomic E-state index is -0.355. The van der Waals surface area contributed by atoms with Crippen molar-refractivity contribution in [2.24, 2.45) is 5.92 Å². The first kappa shape index (κ1) is 18.3. The average molecular weight is 397 g/mol. The van der Waals surface area contributed by atoms with E-state index < -0.39 is 0 Å². The second-order valence-corrected chi connectivity index (χ2v) is 8.36. The number of nitrogens with zero attached hydrogens (tertiary/aromatic N) is 3. The summed E-state index contributed by atoms with van der Waals surface area (Å²) in [5.74, 6) is 0.378. The highest BCUT2D eigenvalue weighted by Gasteiger charge is 2.54. The van der Waals surface area contributed by atoms with Crippen molar-refractivity contribution in [3.05, 3.63) is 57.8 Å². The van der Waals surface area contributed by atoms with Crippen LogP contribution in [0.4, 0.5) is 10.3 Å². The number of likely N-dealkylation sites (tertiary alicyclic amines) is 1. The van der Waals surface area contributed by atoms with Crippen LogP contribution in [0.15, 0.2) is 35.1 Å². The zero-order chi connectivity index (χ0) is 20.1. The molecule has 2 aromatic rings. The molecule has 0 radical (unpaired) electrons. The molecule has 1 aromatic carbocycles. The number of fused-ring (bicyclic) bond motifs is 2. The van der Waals surface area contributed by atoms with Crippen LogP contribution in [0.25, 0.3) is 0 Å². The monoisotopic (exact) mass is 397 g/mol. The number of rotatable bonds is 3. The fourth-order valence-electron chi connectivity index (χ4n) is 5.58. The number of anilines is 1. The quantitative estimate of drug-likeness (QED) is 0.809. The van der Waals surface area contributed by atoms with E-state index in [-0.39, 0.29) is 47.7 Å². The third kappa shape index (κ3) is 3.21. The van der Waals surface area contributed by atoms with E-state index in [1.165, 1.54) is 18.2 Å². The van der Waals surface area contributed by atoms with Gasteiger partial charge in [0.2, 0.25) is 11.9 Å². The van der Waals surface area contributed by atoms with Crippen LogP contribution in [0.2, 0.25) is 0 Å². The second-order valence-electron chi connectivity index (χ2n) is 8.36. The van der Waals surface area contributed by atoms with E-state index in [0.717, 1.165) is 31.5 Å². The fourth-order valence-corrected chi connectivity index (χ4v) is 5.58. The van der Waals surface area contributed by atoms with Crippen LogP contribution in [0.3, 0.4) is 0 Å². The number of nitrogens with two attached hydrogens (primary N) is 1.